The lowest BCUT2D eigenvalue weighted by Crippen LogP contribution is -2.00. The van der Waals surface area contributed by atoms with Gasteiger partial charge in [-0.05, 0) is 49.3 Å². The Kier molecular flexibility index (Phi) is 2.92. The number of nitrogens with one attached hydrogen (secondary N) is 1. The maximum absolute atomic E-state index is 13.3. The highest BCUT2D eigenvalue weighted by atomic mass is 32.1. The number of H-pyrrole nitrogens is 1. The molecule has 1 heterocycles. The Labute approximate surface area is 98.7 Å². The summed E-state index contributed by atoms with van der Waals surface area (Å²) in [4.78, 5) is 2.98. The van der Waals surface area contributed by atoms with Gasteiger partial charge in [-0.15, -0.1) is 0 Å². The van der Waals surface area contributed by atoms with Crippen molar-refractivity contribution in [3.63, 3.8) is 0 Å². The van der Waals surface area contributed by atoms with E-state index in [1.807, 2.05) is 30.7 Å². The van der Waals surface area contributed by atoms with E-state index < -0.39 is 0 Å². The summed E-state index contributed by atoms with van der Waals surface area (Å²) in [6.07, 6.45) is 2.71. The van der Waals surface area contributed by atoms with Crippen LogP contribution in [0.3, 0.4) is 0 Å². The minimum Gasteiger partial charge on any atom is -0.337 e. The molecule has 1 aromatic heterocycles. The molecule has 0 fully saturated rings. The third kappa shape index (κ3) is 1.93. The van der Waals surface area contributed by atoms with Crippen LogP contribution >= 0.6 is 12.2 Å². The fourth-order valence-corrected chi connectivity index (χ4v) is 2.08. The Morgan fingerprint density at radius 2 is 2.12 bits per heavy atom. The average molecular weight is 236 g/mol. The number of aromatic amines is 1. The molecule has 0 spiro atoms. The van der Waals surface area contributed by atoms with E-state index in [2.05, 4.69) is 4.98 Å². The molecule has 2 aromatic rings. The number of halogens is 1. The third-order valence-corrected chi connectivity index (χ3v) is 2.80. The van der Waals surface area contributed by atoms with Crippen molar-refractivity contribution < 1.29 is 4.39 Å². The van der Waals surface area contributed by atoms with E-state index in [0.29, 0.717) is 4.77 Å². The van der Waals surface area contributed by atoms with Crippen molar-refractivity contribution >= 4 is 12.2 Å². The number of aryl methyl sites for hydroxylation is 2. The summed E-state index contributed by atoms with van der Waals surface area (Å²) in [5, 5.41) is 0. The smallest absolute Gasteiger partial charge is 0.182 e. The van der Waals surface area contributed by atoms with Crippen molar-refractivity contribution in [3.05, 3.63) is 46.2 Å². The quantitative estimate of drug-likeness (QED) is 0.791. The first-order valence-electron chi connectivity index (χ1n) is 5.18. The molecule has 0 radical (unpaired) electrons. The number of benzene rings is 1. The first kappa shape index (κ1) is 11.1. The largest absolute Gasteiger partial charge is 0.337 e. The second-order valence-electron chi connectivity index (χ2n) is 3.76. The van der Waals surface area contributed by atoms with Gasteiger partial charge in [-0.3, -0.25) is 4.57 Å². The van der Waals surface area contributed by atoms with Gasteiger partial charge in [0.1, 0.15) is 5.82 Å². The molecule has 1 aromatic carbocycles. The number of imidazole rings is 1. The minimum atomic E-state index is -0.236. The summed E-state index contributed by atoms with van der Waals surface area (Å²) in [5.74, 6) is -0.236. The van der Waals surface area contributed by atoms with Crippen molar-refractivity contribution in [1.82, 2.24) is 9.55 Å². The van der Waals surface area contributed by atoms with E-state index in [1.54, 1.807) is 0 Å². The first-order valence-corrected chi connectivity index (χ1v) is 5.59. The summed E-state index contributed by atoms with van der Waals surface area (Å²) in [7, 11) is 0. The zero-order chi connectivity index (χ0) is 11.7. The van der Waals surface area contributed by atoms with Crippen molar-refractivity contribution in [1.29, 1.82) is 0 Å². The molecule has 0 aliphatic carbocycles. The summed E-state index contributed by atoms with van der Waals surface area (Å²) < 4.78 is 15.8. The van der Waals surface area contributed by atoms with Gasteiger partial charge in [0.15, 0.2) is 4.77 Å². The van der Waals surface area contributed by atoms with Crippen LogP contribution in [0.2, 0.25) is 0 Å². The van der Waals surface area contributed by atoms with Crippen LogP contribution in [0, 0.1) is 17.5 Å². The van der Waals surface area contributed by atoms with Crippen LogP contribution in [0.4, 0.5) is 4.39 Å². The van der Waals surface area contributed by atoms with E-state index in [0.717, 1.165) is 23.4 Å². The van der Waals surface area contributed by atoms with E-state index in [4.69, 9.17) is 12.2 Å². The Balaban J connectivity index is 2.66. The zero-order valence-corrected chi connectivity index (χ0v) is 10.1. The maximum Gasteiger partial charge on any atom is 0.182 e. The lowest BCUT2D eigenvalue weighted by Gasteiger charge is -2.08. The van der Waals surface area contributed by atoms with Crippen LogP contribution in [-0.4, -0.2) is 9.55 Å². The van der Waals surface area contributed by atoms with Crippen molar-refractivity contribution in [2.24, 2.45) is 0 Å². The molecule has 0 amide bonds. The monoisotopic (exact) mass is 236 g/mol. The van der Waals surface area contributed by atoms with Crippen LogP contribution in [0.15, 0.2) is 24.4 Å². The SMILES string of the molecule is CCc1c[nH]c(=S)n1-c1cc(C)cc(F)c1. The summed E-state index contributed by atoms with van der Waals surface area (Å²) in [6, 6.07) is 4.92. The summed E-state index contributed by atoms with van der Waals surface area (Å²) >= 11 is 5.19. The molecule has 0 saturated carbocycles. The lowest BCUT2D eigenvalue weighted by atomic mass is 10.2. The third-order valence-electron chi connectivity index (χ3n) is 2.50. The van der Waals surface area contributed by atoms with Crippen LogP contribution in [0.25, 0.3) is 5.69 Å². The lowest BCUT2D eigenvalue weighted by molar-refractivity contribution is 0.625. The van der Waals surface area contributed by atoms with E-state index in [9.17, 15) is 4.39 Å². The second-order valence-corrected chi connectivity index (χ2v) is 4.15. The molecule has 0 bridgehead atoms. The topological polar surface area (TPSA) is 20.7 Å². The number of rotatable bonds is 2. The van der Waals surface area contributed by atoms with Gasteiger partial charge in [0.05, 0.1) is 5.69 Å². The molecular formula is C12H13FN2S. The predicted octanol–water partition coefficient (Wildman–Crippen LogP) is 3.54. The van der Waals surface area contributed by atoms with Crippen LogP contribution < -0.4 is 0 Å². The highest BCUT2D eigenvalue weighted by Crippen LogP contribution is 2.16. The fraction of sp³-hybridized carbons (Fsp3) is 0.250. The van der Waals surface area contributed by atoms with Crippen LogP contribution in [0.1, 0.15) is 18.2 Å². The Morgan fingerprint density at radius 3 is 2.75 bits per heavy atom. The highest BCUT2D eigenvalue weighted by molar-refractivity contribution is 7.71. The highest BCUT2D eigenvalue weighted by Gasteiger charge is 2.06. The predicted molar refractivity (Wildman–Crippen MR) is 65.0 cm³/mol. The minimum absolute atomic E-state index is 0.236. The molecule has 0 unspecified atom stereocenters. The van der Waals surface area contributed by atoms with E-state index in [1.165, 1.54) is 12.1 Å². The van der Waals surface area contributed by atoms with Crippen molar-refractivity contribution in [3.8, 4) is 5.69 Å². The Morgan fingerprint density at radius 1 is 1.38 bits per heavy atom. The molecule has 2 nitrogen and oxygen atoms in total. The van der Waals surface area contributed by atoms with Gasteiger partial charge in [-0.1, -0.05) is 6.92 Å². The van der Waals surface area contributed by atoms with E-state index in [-0.39, 0.29) is 5.82 Å². The van der Waals surface area contributed by atoms with Gasteiger partial charge in [0.2, 0.25) is 0 Å². The number of aromatic nitrogens is 2. The molecule has 4 heteroatoms. The van der Waals surface area contributed by atoms with Gasteiger partial charge in [0.25, 0.3) is 0 Å². The average Bonchev–Trinajstić information content (AvgIpc) is 2.58. The molecule has 16 heavy (non-hydrogen) atoms. The molecule has 0 atom stereocenters. The molecule has 0 aliphatic rings. The maximum atomic E-state index is 13.3. The molecule has 84 valence electrons. The first-order chi connectivity index (χ1) is 7.61. The van der Waals surface area contributed by atoms with Crippen molar-refractivity contribution in [2.75, 3.05) is 0 Å². The normalized spacial score (nSPS) is 10.7. The summed E-state index contributed by atoms with van der Waals surface area (Å²) in [5.41, 5.74) is 2.72. The molecule has 2 rings (SSSR count). The van der Waals surface area contributed by atoms with Gasteiger partial charge in [0, 0.05) is 11.9 Å². The molecule has 0 saturated heterocycles. The van der Waals surface area contributed by atoms with Gasteiger partial charge in [-0.2, -0.15) is 0 Å². The molecular weight excluding hydrogens is 223 g/mol. The van der Waals surface area contributed by atoms with Gasteiger partial charge >= 0.3 is 0 Å². The molecule has 0 aliphatic heterocycles. The Hall–Kier alpha value is -1.42. The number of hydrogen-bond donors (Lipinski definition) is 1. The molecule has 1 N–H and O–H groups in total. The number of hydrogen-bond acceptors (Lipinski definition) is 1. The fourth-order valence-electron chi connectivity index (χ4n) is 1.79. The number of nitrogens with zero attached hydrogens (tertiary/aromatic N) is 1. The van der Waals surface area contributed by atoms with Crippen LogP contribution in [0.5, 0.6) is 0 Å². The zero-order valence-electron chi connectivity index (χ0n) is 9.25. The standard InChI is InChI=1S/C12H13FN2S/c1-3-10-7-14-12(16)15(10)11-5-8(2)4-9(13)6-11/h4-7H,3H2,1-2H3,(H,14,16). The Bertz CT molecular complexity index is 548. The summed E-state index contributed by atoms with van der Waals surface area (Å²) in [6.45, 7) is 3.91. The van der Waals surface area contributed by atoms with E-state index >= 15 is 0 Å². The van der Waals surface area contributed by atoms with Gasteiger partial charge < -0.3 is 4.98 Å². The second kappa shape index (κ2) is 4.22. The van der Waals surface area contributed by atoms with Crippen LogP contribution in [-0.2, 0) is 6.42 Å². The van der Waals surface area contributed by atoms with Gasteiger partial charge in [-0.25, -0.2) is 4.39 Å². The van der Waals surface area contributed by atoms with Crippen molar-refractivity contribution in [2.45, 2.75) is 20.3 Å².